The maximum absolute atomic E-state index is 12.9. The number of hydrogen-bond donors (Lipinski definition) is 0. The predicted molar refractivity (Wildman–Crippen MR) is 169 cm³/mol. The van der Waals surface area contributed by atoms with E-state index in [1.165, 1.54) is 0 Å². The average molecular weight is 655 g/mol. The molecule has 1 saturated heterocycles. The first kappa shape index (κ1) is 34.1. The summed E-state index contributed by atoms with van der Waals surface area (Å²) in [7, 11) is 0. The Bertz CT molecular complexity index is 1070. The monoisotopic (exact) mass is 654 g/mol. The molecule has 0 unspecified atom stereocenters. The van der Waals surface area contributed by atoms with Gasteiger partial charge in [-0.25, -0.2) is 0 Å². The van der Waals surface area contributed by atoms with Crippen LogP contribution in [0.5, 0.6) is 11.5 Å². The molecule has 1 fully saturated rings. The minimum absolute atomic E-state index is 0. The van der Waals surface area contributed by atoms with Crippen LogP contribution >= 0.6 is 0 Å². The molecule has 214 valence electrons. The second-order valence-corrected chi connectivity index (χ2v) is 11.8. The van der Waals surface area contributed by atoms with Crippen LogP contribution in [0, 0.1) is 18.2 Å². The fourth-order valence-electron chi connectivity index (χ4n) is 4.87. The second kappa shape index (κ2) is 15.8. The van der Waals surface area contributed by atoms with Gasteiger partial charge >= 0.3 is 0 Å². The van der Waals surface area contributed by atoms with Gasteiger partial charge in [-0.15, -0.1) is 11.5 Å². The van der Waals surface area contributed by atoms with Gasteiger partial charge in [-0.2, -0.15) is 0 Å². The van der Waals surface area contributed by atoms with Gasteiger partial charge in [0.25, 0.3) is 0 Å². The zero-order chi connectivity index (χ0) is 29.2. The smallest absolute Gasteiger partial charge is 0.0639 e. The fourth-order valence-corrected chi connectivity index (χ4v) is 4.87. The van der Waals surface area contributed by atoms with Crippen molar-refractivity contribution < 1.29 is 10.2 Å². The maximum atomic E-state index is 12.9. The first-order valence-electron chi connectivity index (χ1n) is 13.9. The van der Waals surface area contributed by atoms with Crippen molar-refractivity contribution in [3.8, 4) is 11.5 Å². The van der Waals surface area contributed by atoms with Gasteiger partial charge < -0.3 is 20.0 Å². The summed E-state index contributed by atoms with van der Waals surface area (Å²) >= 11 is 0. The van der Waals surface area contributed by atoms with E-state index in [9.17, 15) is 10.2 Å². The number of nitrogens with zero attached hydrogens (tertiary/aromatic N) is 2. The van der Waals surface area contributed by atoms with E-state index in [2.05, 4.69) is 28.0 Å². The average Bonchev–Trinajstić information content (AvgIpc) is 2.97. The molecule has 0 aromatic heterocycles. The standard InChI is InChI=1S/C18H28N2O2.3C6H5.Sb/c1-17(2,3)11-13-14(20-9-7-19(13)8-10-20)12(18(4,5)6)16(22)15(11)21;3*1-2-4-6-5-3-1;/h21-22H,7-10H2,1-6H3;3*1-5H;/p-2. The van der Waals surface area contributed by atoms with Crippen LogP contribution in [0.4, 0.5) is 11.4 Å². The molecule has 4 nitrogen and oxygen atoms in total. The maximum Gasteiger partial charge on any atom is 0.0639 e. The van der Waals surface area contributed by atoms with Gasteiger partial charge in [0.1, 0.15) is 0 Å². The molecular weight excluding hydrogens is 614 g/mol. The first-order valence-corrected chi connectivity index (χ1v) is 13.9. The van der Waals surface area contributed by atoms with E-state index in [-0.39, 0.29) is 46.8 Å². The summed E-state index contributed by atoms with van der Waals surface area (Å²) in [5, 5.41) is 25.7. The molecule has 7 rings (SSSR count). The molecule has 6 radical (unpaired) electrons. The molecule has 0 atom stereocenters. The zero-order valence-electron chi connectivity index (χ0n) is 25.1. The predicted octanol–water partition coefficient (Wildman–Crippen LogP) is 6.15. The molecule has 3 aliphatic rings. The zero-order valence-corrected chi connectivity index (χ0v) is 27.7. The molecule has 4 aromatic carbocycles. The first-order chi connectivity index (χ1) is 19.0. The van der Waals surface area contributed by atoms with E-state index in [1.54, 1.807) is 0 Å². The molecule has 2 bridgehead atoms. The molecule has 0 saturated carbocycles. The van der Waals surface area contributed by atoms with Gasteiger partial charge in [0.15, 0.2) is 0 Å². The molecule has 41 heavy (non-hydrogen) atoms. The summed E-state index contributed by atoms with van der Waals surface area (Å²) in [4.78, 5) is 4.62. The van der Waals surface area contributed by atoms with Crippen molar-refractivity contribution in [2.75, 3.05) is 36.0 Å². The van der Waals surface area contributed by atoms with Crippen LogP contribution in [0.25, 0.3) is 0 Å². The van der Waals surface area contributed by atoms with Crippen LogP contribution in [-0.2, 0) is 10.8 Å². The van der Waals surface area contributed by atoms with Gasteiger partial charge in [-0.1, -0.05) is 133 Å². The minimum Gasteiger partial charge on any atom is -0.873 e. The minimum atomic E-state index is -0.324. The third-order valence-corrected chi connectivity index (χ3v) is 6.59. The summed E-state index contributed by atoms with van der Waals surface area (Å²) in [5.41, 5.74) is 2.80. The Balaban J connectivity index is 0.000000249. The van der Waals surface area contributed by atoms with Gasteiger partial charge in [0.2, 0.25) is 0 Å². The Labute approximate surface area is 265 Å². The Hall–Kier alpha value is -3.10. The number of rotatable bonds is 0. The Kier molecular flexibility index (Phi) is 13.1. The molecular formula is C36H41N2O2Sb-2. The number of benzene rings is 4. The largest absolute Gasteiger partial charge is 0.873 e. The molecule has 3 aliphatic heterocycles. The number of piperazine rings is 1. The summed E-state index contributed by atoms with van der Waals surface area (Å²) < 4.78 is 0. The molecule has 0 aliphatic carbocycles. The van der Waals surface area contributed by atoms with Gasteiger partial charge in [0, 0.05) is 50.6 Å². The normalized spacial score (nSPS) is 13.1. The van der Waals surface area contributed by atoms with Crippen LogP contribution < -0.4 is 20.0 Å². The second-order valence-electron chi connectivity index (χ2n) is 11.8. The SMILES string of the molecule is CC(C)(C)c1c([O-])c([O-])c(C(C)(C)C)c2c1N1CCN2CC1.[Sb].[c]1ccccc1.[c]1ccccc1.[c]1ccccc1. The molecule has 4 aromatic rings. The topological polar surface area (TPSA) is 52.6 Å². The van der Waals surface area contributed by atoms with E-state index in [4.69, 9.17) is 0 Å². The van der Waals surface area contributed by atoms with Crippen molar-refractivity contribution in [3.63, 3.8) is 0 Å². The molecule has 5 heteroatoms. The van der Waals surface area contributed by atoms with Crippen molar-refractivity contribution in [1.82, 2.24) is 0 Å². The Morgan fingerprint density at radius 2 is 0.732 bits per heavy atom. The van der Waals surface area contributed by atoms with E-state index in [0.29, 0.717) is 11.1 Å². The van der Waals surface area contributed by atoms with Crippen molar-refractivity contribution in [2.45, 2.75) is 52.4 Å². The van der Waals surface area contributed by atoms with Crippen molar-refractivity contribution in [2.24, 2.45) is 0 Å². The summed E-state index contributed by atoms with van der Waals surface area (Å²) in [6.07, 6.45) is 0. The van der Waals surface area contributed by atoms with Crippen molar-refractivity contribution in [1.29, 1.82) is 0 Å². The van der Waals surface area contributed by atoms with Crippen LogP contribution in [-0.4, -0.2) is 50.6 Å². The summed E-state index contributed by atoms with van der Waals surface area (Å²) in [6, 6.07) is 37.5. The third-order valence-electron chi connectivity index (χ3n) is 6.59. The number of anilines is 2. The molecule has 3 heterocycles. The van der Waals surface area contributed by atoms with Gasteiger partial charge in [-0.3, -0.25) is 0 Å². The van der Waals surface area contributed by atoms with E-state index >= 15 is 0 Å². The molecule has 0 N–H and O–H groups in total. The quantitative estimate of drug-likeness (QED) is 0.214. The van der Waals surface area contributed by atoms with Crippen molar-refractivity contribution >= 4 is 35.8 Å². The number of hydrogen-bond acceptors (Lipinski definition) is 4. The van der Waals surface area contributed by atoms with E-state index in [1.807, 2.05) is 133 Å². The van der Waals surface area contributed by atoms with Gasteiger partial charge in [0.05, 0.1) is 11.4 Å². The van der Waals surface area contributed by atoms with Crippen LogP contribution in [0.1, 0.15) is 52.7 Å². The Morgan fingerprint density at radius 3 is 0.878 bits per heavy atom. The van der Waals surface area contributed by atoms with E-state index < -0.39 is 0 Å². The summed E-state index contributed by atoms with van der Waals surface area (Å²) in [5.74, 6) is -0.602. The van der Waals surface area contributed by atoms with Gasteiger partial charge in [-0.05, 0) is 40.2 Å². The van der Waals surface area contributed by atoms with E-state index in [0.717, 1.165) is 37.6 Å². The molecule has 0 spiro atoms. The van der Waals surface area contributed by atoms with Crippen LogP contribution in [0.2, 0.25) is 0 Å². The third kappa shape index (κ3) is 9.47. The Morgan fingerprint density at radius 1 is 0.488 bits per heavy atom. The summed E-state index contributed by atoms with van der Waals surface area (Å²) in [6.45, 7) is 15.9. The van der Waals surface area contributed by atoms with Crippen LogP contribution in [0.15, 0.2) is 91.0 Å². The molecule has 0 amide bonds. The van der Waals surface area contributed by atoms with Crippen LogP contribution in [0.3, 0.4) is 0 Å². The van der Waals surface area contributed by atoms with Crippen molar-refractivity contribution in [3.05, 3.63) is 120 Å². The number of fused-ring (bicyclic) bond motifs is 2. The fraction of sp³-hybridized carbons (Fsp3) is 0.333.